The lowest BCUT2D eigenvalue weighted by Crippen LogP contribution is -2.27. The van der Waals surface area contributed by atoms with Crippen LogP contribution < -0.4 is 0 Å². The molecule has 5 rings (SSSR count). The first-order chi connectivity index (χ1) is 17.0. The molecular weight excluding hydrogens is 444 g/mol. The maximum atomic E-state index is 11.5. The van der Waals surface area contributed by atoms with Crippen molar-refractivity contribution in [2.75, 3.05) is 26.2 Å². The number of hydrogen-bond acceptors (Lipinski definition) is 7. The number of ether oxygens (including phenoxy) is 1. The summed E-state index contributed by atoms with van der Waals surface area (Å²) in [5.74, 6) is 9.66. The van der Waals surface area contributed by atoms with Gasteiger partial charge in [0.2, 0.25) is 0 Å². The van der Waals surface area contributed by atoms with Crippen molar-refractivity contribution in [1.82, 2.24) is 19.6 Å². The number of piperidine rings is 1. The molecule has 3 aromatic rings. The van der Waals surface area contributed by atoms with E-state index in [4.69, 9.17) is 9.26 Å². The van der Waals surface area contributed by atoms with E-state index in [1.807, 2.05) is 48.0 Å². The van der Waals surface area contributed by atoms with E-state index in [0.717, 1.165) is 36.5 Å². The number of carbonyl (C=O) groups excluding carboxylic acids is 1. The number of aromatic nitrogens is 3. The number of nitrogens with zero attached hydrogens (tertiary/aromatic N) is 4. The topological polar surface area (TPSA) is 93.6 Å². The van der Waals surface area contributed by atoms with Gasteiger partial charge in [0.15, 0.2) is 5.76 Å². The smallest absolute Gasteiger partial charge is 0.307 e. The molecule has 0 unspecified atom stereocenters. The van der Waals surface area contributed by atoms with Crippen molar-refractivity contribution in [2.24, 2.45) is 17.8 Å². The van der Waals surface area contributed by atoms with E-state index in [9.17, 15) is 9.90 Å². The van der Waals surface area contributed by atoms with Gasteiger partial charge >= 0.3 is 5.97 Å². The van der Waals surface area contributed by atoms with Crippen LogP contribution in [-0.2, 0) is 16.1 Å². The second-order valence-corrected chi connectivity index (χ2v) is 9.29. The second-order valence-electron chi connectivity index (χ2n) is 9.29. The van der Waals surface area contributed by atoms with E-state index >= 15 is 0 Å². The molecule has 8 nitrogen and oxygen atoms in total. The lowest BCUT2D eigenvalue weighted by molar-refractivity contribution is -0.143. The van der Waals surface area contributed by atoms with Crippen molar-refractivity contribution in [3.05, 3.63) is 59.8 Å². The highest BCUT2D eigenvalue weighted by Crippen LogP contribution is 2.51. The molecule has 0 amide bonds. The molecule has 1 aromatic carbocycles. The molecule has 1 saturated heterocycles. The fourth-order valence-corrected chi connectivity index (χ4v) is 4.90. The van der Waals surface area contributed by atoms with Gasteiger partial charge in [-0.1, -0.05) is 17.0 Å². The summed E-state index contributed by atoms with van der Waals surface area (Å²) in [5.41, 5.74) is 2.69. The van der Waals surface area contributed by atoms with Gasteiger partial charge in [0.1, 0.15) is 17.6 Å². The van der Waals surface area contributed by atoms with Gasteiger partial charge < -0.3 is 23.8 Å². The minimum absolute atomic E-state index is 0.113. The lowest BCUT2D eigenvalue weighted by atomic mass is 10.1. The number of likely N-dealkylation sites (tertiary alicyclic amines) is 1. The van der Waals surface area contributed by atoms with E-state index in [1.165, 1.54) is 0 Å². The van der Waals surface area contributed by atoms with Crippen molar-refractivity contribution in [3.8, 4) is 23.2 Å². The Kier molecular flexibility index (Phi) is 6.71. The Morgan fingerprint density at radius 2 is 2.06 bits per heavy atom. The quantitative estimate of drug-likeness (QED) is 0.396. The predicted octanol–water partition coefficient (Wildman–Crippen LogP) is 3.12. The Bertz CT molecular complexity index is 1220. The third-order valence-electron chi connectivity index (χ3n) is 6.77. The van der Waals surface area contributed by atoms with Crippen molar-refractivity contribution in [2.45, 2.75) is 32.9 Å². The third-order valence-corrected chi connectivity index (χ3v) is 6.77. The maximum Gasteiger partial charge on any atom is 0.307 e. The van der Waals surface area contributed by atoms with Crippen LogP contribution in [0.15, 0.2) is 47.2 Å². The number of carbonyl (C=O) groups is 1. The molecule has 182 valence electrons. The second kappa shape index (κ2) is 10.1. The summed E-state index contributed by atoms with van der Waals surface area (Å²) in [5, 5.41) is 14.0. The Hall–Kier alpha value is -3.41. The molecule has 2 fully saturated rings. The molecule has 2 aliphatic rings. The van der Waals surface area contributed by atoms with Gasteiger partial charge in [-0.25, -0.2) is 4.98 Å². The van der Waals surface area contributed by atoms with Crippen molar-refractivity contribution < 1.29 is 19.2 Å². The average Bonchev–Trinajstić information content (AvgIpc) is 3.33. The van der Waals surface area contributed by atoms with E-state index < -0.39 is 6.10 Å². The summed E-state index contributed by atoms with van der Waals surface area (Å²) in [7, 11) is 0. The highest BCUT2D eigenvalue weighted by Gasteiger charge is 2.54. The van der Waals surface area contributed by atoms with Gasteiger partial charge in [0.05, 0.1) is 19.6 Å². The summed E-state index contributed by atoms with van der Waals surface area (Å²) in [6, 6.07) is 9.92. The van der Waals surface area contributed by atoms with E-state index in [-0.39, 0.29) is 5.97 Å². The van der Waals surface area contributed by atoms with E-state index in [2.05, 4.69) is 26.9 Å². The summed E-state index contributed by atoms with van der Waals surface area (Å²) in [6.45, 7) is 7.28. The van der Waals surface area contributed by atoms with Crippen LogP contribution in [0.1, 0.15) is 43.5 Å². The number of aliphatic hydroxyl groups is 1. The first-order valence-electron chi connectivity index (χ1n) is 12.2. The lowest BCUT2D eigenvalue weighted by Gasteiger charge is -2.17. The molecule has 0 spiro atoms. The van der Waals surface area contributed by atoms with Gasteiger partial charge in [-0.3, -0.25) is 4.79 Å². The SMILES string of the molecule is CCOC(=O)CCN1C[C@@H]2[C@@H](C#Cc3ccc(-c4cc(Cn5ccnc5[C@H](C)O)no4)cc3)[C@@H]2C1. The van der Waals surface area contributed by atoms with Gasteiger partial charge in [-0.15, -0.1) is 0 Å². The van der Waals surface area contributed by atoms with Gasteiger partial charge in [-0.05, 0) is 49.9 Å². The average molecular weight is 475 g/mol. The molecule has 2 aromatic heterocycles. The molecule has 3 heterocycles. The van der Waals surface area contributed by atoms with Crippen LogP contribution >= 0.6 is 0 Å². The number of benzene rings is 1. The zero-order valence-corrected chi connectivity index (χ0v) is 20.1. The summed E-state index contributed by atoms with van der Waals surface area (Å²) >= 11 is 0. The van der Waals surface area contributed by atoms with Crippen LogP contribution in [0.3, 0.4) is 0 Å². The highest BCUT2D eigenvalue weighted by molar-refractivity contribution is 5.69. The monoisotopic (exact) mass is 474 g/mol. The maximum absolute atomic E-state index is 11.5. The Balaban J connectivity index is 1.13. The van der Waals surface area contributed by atoms with Crippen LogP contribution in [0, 0.1) is 29.6 Å². The van der Waals surface area contributed by atoms with Gasteiger partial charge in [-0.2, -0.15) is 0 Å². The van der Waals surface area contributed by atoms with Crippen LogP contribution in [0.4, 0.5) is 0 Å². The Morgan fingerprint density at radius 3 is 2.77 bits per heavy atom. The minimum atomic E-state index is -0.643. The third kappa shape index (κ3) is 5.31. The van der Waals surface area contributed by atoms with Crippen molar-refractivity contribution in [1.29, 1.82) is 0 Å². The first-order valence-corrected chi connectivity index (χ1v) is 12.2. The van der Waals surface area contributed by atoms with Crippen LogP contribution in [-0.4, -0.2) is 56.9 Å². The number of rotatable bonds is 8. The van der Waals surface area contributed by atoms with Gasteiger partial charge in [0.25, 0.3) is 0 Å². The van der Waals surface area contributed by atoms with E-state index in [0.29, 0.717) is 48.9 Å². The zero-order valence-electron chi connectivity index (χ0n) is 20.1. The van der Waals surface area contributed by atoms with Crippen LogP contribution in [0.5, 0.6) is 0 Å². The molecule has 4 atom stereocenters. The molecule has 1 aliphatic carbocycles. The summed E-state index contributed by atoms with van der Waals surface area (Å²) in [6.07, 6.45) is 3.31. The number of fused-ring (bicyclic) bond motifs is 1. The fraction of sp³-hybridized carbons (Fsp3) is 0.444. The molecule has 1 N–H and O–H groups in total. The zero-order chi connectivity index (χ0) is 24.4. The largest absolute Gasteiger partial charge is 0.466 e. The number of hydrogen-bond donors (Lipinski definition) is 1. The number of esters is 1. The van der Waals surface area contributed by atoms with Crippen LogP contribution in [0.2, 0.25) is 0 Å². The Morgan fingerprint density at radius 1 is 1.29 bits per heavy atom. The minimum Gasteiger partial charge on any atom is -0.466 e. The summed E-state index contributed by atoms with van der Waals surface area (Å²) in [4.78, 5) is 18.1. The standard InChI is InChI=1S/C27H30N4O4/c1-3-34-26(33)10-12-30-16-23-22(24(23)17-30)9-6-19-4-7-20(8-5-19)25-14-21(29-35-25)15-31-13-11-28-27(31)18(2)32/h4-5,7-8,11,13-14,18,22-24,32H,3,10,12,15-17H2,1-2H3/t18-,22-,23-,24+/m0/s1. The molecule has 0 radical (unpaired) electrons. The fourth-order valence-electron chi connectivity index (χ4n) is 4.90. The number of aliphatic hydroxyl groups excluding tert-OH is 1. The molecule has 35 heavy (non-hydrogen) atoms. The van der Waals surface area contributed by atoms with Crippen molar-refractivity contribution in [3.63, 3.8) is 0 Å². The molecule has 8 heteroatoms. The molecule has 1 aliphatic heterocycles. The molecule has 1 saturated carbocycles. The number of imidazole rings is 1. The normalized spacial score (nSPS) is 21.7. The van der Waals surface area contributed by atoms with E-state index in [1.54, 1.807) is 13.1 Å². The molecule has 0 bridgehead atoms. The first kappa shape index (κ1) is 23.3. The highest BCUT2D eigenvalue weighted by atomic mass is 16.5. The van der Waals surface area contributed by atoms with Gasteiger partial charge in [0, 0.05) is 55.1 Å². The Labute approximate surface area is 204 Å². The molecular formula is C27H30N4O4. The summed E-state index contributed by atoms with van der Waals surface area (Å²) < 4.78 is 12.4. The van der Waals surface area contributed by atoms with Crippen molar-refractivity contribution >= 4 is 5.97 Å². The van der Waals surface area contributed by atoms with Crippen LogP contribution in [0.25, 0.3) is 11.3 Å². The predicted molar refractivity (Wildman–Crippen MR) is 129 cm³/mol.